The van der Waals surface area contributed by atoms with Crippen LogP contribution < -0.4 is 4.74 Å². The molecule has 0 bridgehead atoms. The van der Waals surface area contributed by atoms with Crippen LogP contribution in [0.15, 0.2) is 71.3 Å². The van der Waals surface area contributed by atoms with Crippen LogP contribution in [0.1, 0.15) is 42.1 Å². The highest BCUT2D eigenvalue weighted by molar-refractivity contribution is 5.94. The van der Waals surface area contributed by atoms with Gasteiger partial charge in [-0.25, -0.2) is 0 Å². The minimum Gasteiger partial charge on any atom is -0.493 e. The van der Waals surface area contributed by atoms with E-state index in [1.165, 1.54) is 0 Å². The van der Waals surface area contributed by atoms with Crippen LogP contribution in [-0.4, -0.2) is 35.5 Å². The molecule has 1 aromatic heterocycles. The second-order valence-corrected chi connectivity index (χ2v) is 8.02. The monoisotopic (exact) mass is 435 g/mol. The van der Waals surface area contributed by atoms with Gasteiger partial charge in [0.2, 0.25) is 0 Å². The zero-order valence-electron chi connectivity index (χ0n) is 18.5. The summed E-state index contributed by atoms with van der Waals surface area (Å²) in [6.45, 7) is 2.86. The van der Waals surface area contributed by atoms with Crippen molar-refractivity contribution >= 4 is 11.9 Å². The van der Waals surface area contributed by atoms with Gasteiger partial charge in [-0.15, -0.1) is 0 Å². The molecule has 0 aliphatic heterocycles. The number of rotatable bonds is 11. The first-order chi connectivity index (χ1) is 15.4. The Morgan fingerprint density at radius 3 is 2.50 bits per heavy atom. The number of carboxylic acids is 1. The molecule has 3 rings (SSSR count). The number of benzene rings is 2. The van der Waals surface area contributed by atoms with E-state index in [4.69, 9.17) is 14.3 Å². The van der Waals surface area contributed by atoms with E-state index < -0.39 is 5.97 Å². The molecule has 6 heteroatoms. The number of amides is 1. The number of ether oxygens (including phenoxy) is 1. The van der Waals surface area contributed by atoms with Gasteiger partial charge in [-0.1, -0.05) is 37.3 Å². The maximum absolute atomic E-state index is 12.9. The lowest BCUT2D eigenvalue weighted by Crippen LogP contribution is -2.26. The summed E-state index contributed by atoms with van der Waals surface area (Å²) < 4.78 is 11.3. The fourth-order valence-electron chi connectivity index (χ4n) is 3.56. The third-order valence-corrected chi connectivity index (χ3v) is 5.29. The van der Waals surface area contributed by atoms with Crippen molar-refractivity contribution in [3.05, 3.63) is 78.1 Å². The Balaban J connectivity index is 1.56. The second kappa shape index (κ2) is 11.2. The molecule has 168 valence electrons. The van der Waals surface area contributed by atoms with Crippen molar-refractivity contribution in [2.75, 3.05) is 13.7 Å². The summed E-state index contributed by atoms with van der Waals surface area (Å²) in [7, 11) is 1.77. The Bertz CT molecular complexity index is 1010. The van der Waals surface area contributed by atoms with E-state index in [1.54, 1.807) is 30.3 Å². The summed E-state index contributed by atoms with van der Waals surface area (Å²) in [4.78, 5) is 25.3. The molecular weight excluding hydrogens is 406 g/mol. The molecule has 1 heterocycles. The topological polar surface area (TPSA) is 80.0 Å². The van der Waals surface area contributed by atoms with Crippen molar-refractivity contribution in [1.29, 1.82) is 0 Å². The molecular formula is C26H29NO5. The van der Waals surface area contributed by atoms with E-state index in [1.807, 2.05) is 55.5 Å². The smallest absolute Gasteiger partial charge is 0.303 e. The van der Waals surface area contributed by atoms with Crippen molar-refractivity contribution in [3.63, 3.8) is 0 Å². The Hall–Kier alpha value is -3.54. The fourth-order valence-corrected chi connectivity index (χ4v) is 3.56. The van der Waals surface area contributed by atoms with Crippen molar-refractivity contribution < 1.29 is 23.8 Å². The van der Waals surface area contributed by atoms with Crippen molar-refractivity contribution in [2.24, 2.45) is 5.92 Å². The molecule has 0 radical (unpaired) electrons. The number of carboxylic acid groups (broad SMARTS) is 1. The molecule has 1 atom stereocenters. The minimum absolute atomic E-state index is 0.0757. The Labute approximate surface area is 188 Å². The molecule has 0 saturated heterocycles. The van der Waals surface area contributed by atoms with E-state index in [2.05, 4.69) is 0 Å². The molecule has 0 fully saturated rings. The standard InChI is InChI=1S/C26H29NO5/c1-19(17-25(28)29)7-5-15-32-24-9-4-3-8-22(24)18-27(2)26(30)21-13-11-20(12-14-21)23-10-6-16-31-23/h3-4,6,8-14,16,19H,5,7,15,17-18H2,1-2H3,(H,28,29). The van der Waals surface area contributed by atoms with Crippen LogP contribution in [0.3, 0.4) is 0 Å². The van der Waals surface area contributed by atoms with Crippen LogP contribution in [0.25, 0.3) is 11.3 Å². The van der Waals surface area contributed by atoms with E-state index in [9.17, 15) is 9.59 Å². The SMILES string of the molecule is CC(CCCOc1ccccc1CN(C)C(=O)c1ccc(-c2ccco2)cc1)CC(=O)O. The Morgan fingerprint density at radius 1 is 1.06 bits per heavy atom. The summed E-state index contributed by atoms with van der Waals surface area (Å²) in [6, 6.07) is 18.7. The van der Waals surface area contributed by atoms with Gasteiger partial charge in [-0.05, 0) is 49.1 Å². The zero-order valence-corrected chi connectivity index (χ0v) is 18.5. The van der Waals surface area contributed by atoms with Crippen LogP contribution in [0, 0.1) is 5.92 Å². The number of aliphatic carboxylic acids is 1. The first kappa shape index (κ1) is 23.1. The van der Waals surface area contributed by atoms with E-state index >= 15 is 0 Å². The highest BCUT2D eigenvalue weighted by Gasteiger charge is 2.15. The molecule has 0 aliphatic rings. The van der Waals surface area contributed by atoms with Crippen molar-refractivity contribution in [3.8, 4) is 17.1 Å². The third kappa shape index (κ3) is 6.48. The van der Waals surface area contributed by atoms with Crippen molar-refractivity contribution in [1.82, 2.24) is 4.90 Å². The van der Waals surface area contributed by atoms with Crippen LogP contribution in [0.4, 0.5) is 0 Å². The quantitative estimate of drug-likeness (QED) is 0.403. The molecule has 6 nitrogen and oxygen atoms in total. The lowest BCUT2D eigenvalue weighted by Gasteiger charge is -2.20. The number of hydrogen-bond acceptors (Lipinski definition) is 4. The molecule has 0 spiro atoms. The Morgan fingerprint density at radius 2 is 1.81 bits per heavy atom. The van der Waals surface area contributed by atoms with Crippen LogP contribution >= 0.6 is 0 Å². The predicted octanol–water partition coefficient (Wildman–Crippen LogP) is 5.49. The van der Waals surface area contributed by atoms with Gasteiger partial charge >= 0.3 is 5.97 Å². The predicted molar refractivity (Wildman–Crippen MR) is 123 cm³/mol. The lowest BCUT2D eigenvalue weighted by atomic mass is 10.0. The average Bonchev–Trinajstić information content (AvgIpc) is 3.32. The van der Waals surface area contributed by atoms with Gasteiger partial charge in [0.15, 0.2) is 0 Å². The molecule has 1 amide bonds. The van der Waals surface area contributed by atoms with Gasteiger partial charge in [-0.2, -0.15) is 0 Å². The lowest BCUT2D eigenvalue weighted by molar-refractivity contribution is -0.138. The molecule has 3 aromatic rings. The molecule has 0 saturated carbocycles. The van der Waals surface area contributed by atoms with Gasteiger partial charge in [0.05, 0.1) is 12.9 Å². The van der Waals surface area contributed by atoms with Gasteiger partial charge in [-0.3, -0.25) is 9.59 Å². The van der Waals surface area contributed by atoms with Gasteiger partial charge in [0.25, 0.3) is 5.91 Å². The number of carbonyl (C=O) groups excluding carboxylic acids is 1. The van der Waals surface area contributed by atoms with Gasteiger partial charge < -0.3 is 19.2 Å². The van der Waals surface area contributed by atoms with E-state index in [0.29, 0.717) is 18.7 Å². The van der Waals surface area contributed by atoms with E-state index in [-0.39, 0.29) is 18.2 Å². The maximum Gasteiger partial charge on any atom is 0.303 e. The highest BCUT2D eigenvalue weighted by atomic mass is 16.5. The molecule has 0 aliphatic carbocycles. The fraction of sp³-hybridized carbons (Fsp3) is 0.308. The summed E-state index contributed by atoms with van der Waals surface area (Å²) in [5.41, 5.74) is 2.45. The summed E-state index contributed by atoms with van der Waals surface area (Å²) in [5.74, 6) is 0.779. The first-order valence-corrected chi connectivity index (χ1v) is 10.8. The number of carbonyl (C=O) groups is 2. The third-order valence-electron chi connectivity index (χ3n) is 5.29. The number of furan rings is 1. The largest absolute Gasteiger partial charge is 0.493 e. The summed E-state index contributed by atoms with van der Waals surface area (Å²) in [5, 5.41) is 8.85. The van der Waals surface area contributed by atoms with Crippen LogP contribution in [0.2, 0.25) is 0 Å². The molecule has 32 heavy (non-hydrogen) atoms. The average molecular weight is 436 g/mol. The van der Waals surface area contributed by atoms with Crippen molar-refractivity contribution in [2.45, 2.75) is 32.7 Å². The van der Waals surface area contributed by atoms with Gasteiger partial charge in [0, 0.05) is 36.7 Å². The molecule has 1 unspecified atom stereocenters. The van der Waals surface area contributed by atoms with Crippen LogP contribution in [0.5, 0.6) is 5.75 Å². The molecule has 2 aromatic carbocycles. The number of hydrogen-bond donors (Lipinski definition) is 1. The number of para-hydroxylation sites is 1. The van der Waals surface area contributed by atoms with Gasteiger partial charge in [0.1, 0.15) is 11.5 Å². The normalized spacial score (nSPS) is 11.7. The number of nitrogens with zero attached hydrogens (tertiary/aromatic N) is 1. The first-order valence-electron chi connectivity index (χ1n) is 10.8. The Kier molecular flexibility index (Phi) is 8.08. The summed E-state index contributed by atoms with van der Waals surface area (Å²) >= 11 is 0. The van der Waals surface area contributed by atoms with E-state index in [0.717, 1.165) is 35.5 Å². The minimum atomic E-state index is -0.771. The molecule has 1 N–H and O–H groups in total. The second-order valence-electron chi connectivity index (χ2n) is 8.02. The maximum atomic E-state index is 12.9. The van der Waals surface area contributed by atoms with Crippen LogP contribution in [-0.2, 0) is 11.3 Å². The zero-order chi connectivity index (χ0) is 22.9. The highest BCUT2D eigenvalue weighted by Crippen LogP contribution is 2.23. The summed E-state index contributed by atoms with van der Waals surface area (Å²) in [6.07, 6.45) is 3.37.